The van der Waals surface area contributed by atoms with Crippen molar-refractivity contribution in [3.63, 3.8) is 0 Å². The highest BCUT2D eigenvalue weighted by Crippen LogP contribution is 2.53. The molecule has 4 atom stereocenters. The summed E-state index contributed by atoms with van der Waals surface area (Å²) in [5, 5.41) is 0. The molecule has 0 nitrogen and oxygen atoms in total. The molecule has 13 heavy (non-hydrogen) atoms. The smallest absolute Gasteiger partial charge is 0.0322 e. The van der Waals surface area contributed by atoms with Crippen molar-refractivity contribution in [3.05, 3.63) is 25.3 Å². The molecule has 0 aliphatic heterocycles. The third kappa shape index (κ3) is 1.59. The molecule has 2 saturated carbocycles. The van der Waals surface area contributed by atoms with Crippen molar-refractivity contribution in [2.45, 2.75) is 32.1 Å². The second kappa shape index (κ2) is 3.69. The highest BCUT2D eigenvalue weighted by Gasteiger charge is 2.44. The second-order valence-corrected chi connectivity index (χ2v) is 4.80. The fraction of sp³-hybridized carbons (Fsp3) is 0.692. The second-order valence-electron chi connectivity index (χ2n) is 4.80. The van der Waals surface area contributed by atoms with Gasteiger partial charge < -0.3 is 0 Å². The molecule has 0 N–H and O–H groups in total. The van der Waals surface area contributed by atoms with E-state index >= 15 is 0 Å². The predicted octanol–water partition coefficient (Wildman–Crippen LogP) is 3.80. The quantitative estimate of drug-likeness (QED) is 0.571. The van der Waals surface area contributed by atoms with Gasteiger partial charge in [-0.15, -0.1) is 13.2 Å². The molecule has 2 aliphatic rings. The summed E-state index contributed by atoms with van der Waals surface area (Å²) in [6, 6.07) is 0. The standard InChI is InChI=1S/C13H20/c1-3-5-10-7-13-9-12(10)8-11(13)6-4-2/h3-4,10-13H,1-2,5-9H2/t10?,11?,12-,13-/m0/s1. The van der Waals surface area contributed by atoms with Crippen molar-refractivity contribution in [3.8, 4) is 0 Å². The molecule has 2 bridgehead atoms. The first-order valence-corrected chi connectivity index (χ1v) is 5.57. The summed E-state index contributed by atoms with van der Waals surface area (Å²) in [6.07, 6.45) is 11.1. The summed E-state index contributed by atoms with van der Waals surface area (Å²) in [5.74, 6) is 3.99. The number of hydrogen-bond acceptors (Lipinski definition) is 0. The van der Waals surface area contributed by atoms with E-state index in [1.807, 2.05) is 0 Å². The molecule has 0 aromatic carbocycles. The van der Waals surface area contributed by atoms with Gasteiger partial charge in [0.05, 0.1) is 0 Å². The normalized spacial score (nSPS) is 42.2. The van der Waals surface area contributed by atoms with Crippen molar-refractivity contribution < 1.29 is 0 Å². The number of hydrogen-bond donors (Lipinski definition) is 0. The molecule has 2 unspecified atom stereocenters. The first-order chi connectivity index (χ1) is 6.35. The van der Waals surface area contributed by atoms with Crippen molar-refractivity contribution >= 4 is 0 Å². The summed E-state index contributed by atoms with van der Waals surface area (Å²) in [4.78, 5) is 0. The van der Waals surface area contributed by atoms with Crippen LogP contribution in [0, 0.1) is 23.7 Å². The predicted molar refractivity (Wildman–Crippen MR) is 57.4 cm³/mol. The van der Waals surface area contributed by atoms with Gasteiger partial charge in [-0.3, -0.25) is 0 Å². The van der Waals surface area contributed by atoms with Crippen LogP contribution in [-0.2, 0) is 0 Å². The number of rotatable bonds is 4. The molecule has 0 spiro atoms. The van der Waals surface area contributed by atoms with Crippen molar-refractivity contribution in [2.24, 2.45) is 23.7 Å². The van der Waals surface area contributed by atoms with Crippen LogP contribution in [0.2, 0.25) is 0 Å². The fourth-order valence-electron chi connectivity index (χ4n) is 3.52. The minimum absolute atomic E-state index is 0.976. The van der Waals surface area contributed by atoms with E-state index < -0.39 is 0 Å². The molecule has 0 heteroatoms. The monoisotopic (exact) mass is 176 g/mol. The van der Waals surface area contributed by atoms with Crippen molar-refractivity contribution in [2.75, 3.05) is 0 Å². The molecular weight excluding hydrogens is 156 g/mol. The minimum atomic E-state index is 0.976. The van der Waals surface area contributed by atoms with E-state index in [9.17, 15) is 0 Å². The van der Waals surface area contributed by atoms with Gasteiger partial charge in [0.2, 0.25) is 0 Å². The average molecular weight is 176 g/mol. The van der Waals surface area contributed by atoms with Crippen LogP contribution in [0.5, 0.6) is 0 Å². The first kappa shape index (κ1) is 9.05. The van der Waals surface area contributed by atoms with E-state index in [1.54, 1.807) is 0 Å². The van der Waals surface area contributed by atoms with Crippen LogP contribution in [0.25, 0.3) is 0 Å². The average Bonchev–Trinajstić information content (AvgIpc) is 2.65. The lowest BCUT2D eigenvalue weighted by molar-refractivity contribution is 0.260. The Morgan fingerprint density at radius 1 is 0.846 bits per heavy atom. The van der Waals surface area contributed by atoms with E-state index in [-0.39, 0.29) is 0 Å². The molecule has 2 rings (SSSR count). The maximum Gasteiger partial charge on any atom is -0.0322 e. The van der Waals surface area contributed by atoms with Crippen LogP contribution < -0.4 is 0 Å². The molecule has 0 radical (unpaired) electrons. The zero-order chi connectivity index (χ0) is 9.26. The van der Waals surface area contributed by atoms with Gasteiger partial charge in [0.15, 0.2) is 0 Å². The highest BCUT2D eigenvalue weighted by atomic mass is 14.5. The summed E-state index contributed by atoms with van der Waals surface area (Å²) in [6.45, 7) is 7.69. The van der Waals surface area contributed by atoms with Gasteiger partial charge in [-0.2, -0.15) is 0 Å². The van der Waals surface area contributed by atoms with Gasteiger partial charge >= 0.3 is 0 Å². The molecular formula is C13H20. The summed E-state index contributed by atoms with van der Waals surface area (Å²) >= 11 is 0. The molecule has 72 valence electrons. The molecule has 2 fully saturated rings. The zero-order valence-electron chi connectivity index (χ0n) is 8.41. The van der Waals surface area contributed by atoms with Crippen LogP contribution in [-0.4, -0.2) is 0 Å². The first-order valence-electron chi connectivity index (χ1n) is 5.57. The van der Waals surface area contributed by atoms with Crippen LogP contribution in [0.15, 0.2) is 25.3 Å². The van der Waals surface area contributed by atoms with Gasteiger partial charge in [0.25, 0.3) is 0 Å². The molecule has 0 saturated heterocycles. The molecule has 2 aliphatic carbocycles. The van der Waals surface area contributed by atoms with Crippen LogP contribution in [0.1, 0.15) is 32.1 Å². The van der Waals surface area contributed by atoms with Gasteiger partial charge in [-0.25, -0.2) is 0 Å². The summed E-state index contributed by atoms with van der Waals surface area (Å²) in [7, 11) is 0. The van der Waals surface area contributed by atoms with Gasteiger partial charge in [0, 0.05) is 0 Å². The Hall–Kier alpha value is -0.520. The van der Waals surface area contributed by atoms with E-state index in [0.29, 0.717) is 0 Å². The Morgan fingerprint density at radius 3 is 1.62 bits per heavy atom. The summed E-state index contributed by atoms with van der Waals surface area (Å²) < 4.78 is 0. The van der Waals surface area contributed by atoms with E-state index in [0.717, 1.165) is 23.7 Å². The summed E-state index contributed by atoms with van der Waals surface area (Å²) in [5.41, 5.74) is 0. The van der Waals surface area contributed by atoms with E-state index in [4.69, 9.17) is 0 Å². The van der Waals surface area contributed by atoms with Gasteiger partial charge in [0.1, 0.15) is 0 Å². The maximum absolute atomic E-state index is 3.85. The van der Waals surface area contributed by atoms with E-state index in [1.165, 1.54) is 32.1 Å². The fourth-order valence-corrected chi connectivity index (χ4v) is 3.52. The SMILES string of the molecule is C=CCC1C[C@H]2C[C@@H]1CC2CC=C. The van der Waals surface area contributed by atoms with Crippen molar-refractivity contribution in [1.29, 1.82) is 0 Å². The maximum atomic E-state index is 3.85. The zero-order valence-corrected chi connectivity index (χ0v) is 8.41. The number of fused-ring (bicyclic) bond motifs is 2. The highest BCUT2D eigenvalue weighted by molar-refractivity contribution is 4.98. The lowest BCUT2D eigenvalue weighted by atomic mass is 9.79. The Morgan fingerprint density at radius 2 is 1.31 bits per heavy atom. The Bertz CT molecular complexity index is 182. The third-order valence-corrected chi connectivity index (χ3v) is 4.09. The molecule has 0 aromatic heterocycles. The minimum Gasteiger partial charge on any atom is -0.103 e. The van der Waals surface area contributed by atoms with Crippen LogP contribution in [0.4, 0.5) is 0 Å². The van der Waals surface area contributed by atoms with Crippen LogP contribution in [0.3, 0.4) is 0 Å². The topological polar surface area (TPSA) is 0 Å². The third-order valence-electron chi connectivity index (χ3n) is 4.09. The number of allylic oxidation sites excluding steroid dienone is 2. The van der Waals surface area contributed by atoms with Gasteiger partial charge in [-0.05, 0) is 55.8 Å². The molecule has 0 amide bonds. The lowest BCUT2D eigenvalue weighted by Gasteiger charge is -2.26. The van der Waals surface area contributed by atoms with Crippen molar-refractivity contribution in [1.82, 2.24) is 0 Å². The molecule has 0 heterocycles. The lowest BCUT2D eigenvalue weighted by Crippen LogP contribution is -2.16. The Labute approximate surface area is 81.7 Å². The Balaban J connectivity index is 1.91. The molecule has 0 aromatic rings. The Kier molecular flexibility index (Phi) is 2.57. The van der Waals surface area contributed by atoms with Gasteiger partial charge in [-0.1, -0.05) is 12.2 Å². The van der Waals surface area contributed by atoms with Crippen LogP contribution >= 0.6 is 0 Å². The largest absolute Gasteiger partial charge is 0.103 e. The van der Waals surface area contributed by atoms with E-state index in [2.05, 4.69) is 25.3 Å².